The van der Waals surface area contributed by atoms with Gasteiger partial charge < -0.3 is 15.8 Å². The van der Waals surface area contributed by atoms with Crippen LogP contribution in [0, 0.1) is 0 Å². The van der Waals surface area contributed by atoms with E-state index in [1.807, 2.05) is 0 Å². The lowest BCUT2D eigenvalue weighted by Gasteiger charge is -2.02. The normalized spacial score (nSPS) is 10.4. The standard InChI is InChI=1S/C8H20N2O/c1-2-10-6-4-8-11-7-3-5-9/h10H,2-9H2,1H3/p+1. The highest BCUT2D eigenvalue weighted by Gasteiger charge is 1.88. The Balaban J connectivity index is 2.69. The molecule has 0 saturated heterocycles. The summed E-state index contributed by atoms with van der Waals surface area (Å²) in [6, 6.07) is 0. The first-order valence-corrected chi connectivity index (χ1v) is 4.49. The predicted molar refractivity (Wildman–Crippen MR) is 46.4 cm³/mol. The second kappa shape index (κ2) is 9.88. The molecule has 0 amide bonds. The van der Waals surface area contributed by atoms with Crippen LogP contribution in [0.3, 0.4) is 0 Å². The quantitative estimate of drug-likeness (QED) is 0.477. The van der Waals surface area contributed by atoms with E-state index >= 15 is 0 Å². The van der Waals surface area contributed by atoms with Gasteiger partial charge in [-0.25, -0.2) is 0 Å². The third kappa shape index (κ3) is 9.88. The fourth-order valence-electron chi connectivity index (χ4n) is 0.782. The molecule has 0 aromatic carbocycles. The zero-order valence-electron chi connectivity index (χ0n) is 7.57. The fourth-order valence-corrected chi connectivity index (χ4v) is 0.782. The highest BCUT2D eigenvalue weighted by atomic mass is 16.5. The van der Waals surface area contributed by atoms with Crippen molar-refractivity contribution in [2.24, 2.45) is 0 Å². The first-order chi connectivity index (χ1) is 5.41. The highest BCUT2D eigenvalue weighted by molar-refractivity contribution is 4.42. The van der Waals surface area contributed by atoms with Crippen molar-refractivity contribution < 1.29 is 10.5 Å². The Morgan fingerprint density at radius 3 is 2.64 bits per heavy atom. The molecule has 0 radical (unpaired) electrons. The third-order valence-electron chi connectivity index (χ3n) is 1.43. The maximum absolute atomic E-state index is 5.34. The maximum Gasteiger partial charge on any atom is 0.0762 e. The van der Waals surface area contributed by atoms with Crippen LogP contribution >= 0.6 is 0 Å². The lowest BCUT2D eigenvalue weighted by atomic mass is 10.4. The molecule has 68 valence electrons. The highest BCUT2D eigenvalue weighted by Crippen LogP contribution is 1.82. The van der Waals surface area contributed by atoms with Crippen molar-refractivity contribution >= 4 is 0 Å². The van der Waals surface area contributed by atoms with Gasteiger partial charge in [-0.05, 0) is 19.5 Å². The summed E-state index contributed by atoms with van der Waals surface area (Å²) in [4.78, 5) is 0. The predicted octanol–water partition coefficient (Wildman–Crippen LogP) is -0.365. The van der Waals surface area contributed by atoms with E-state index in [-0.39, 0.29) is 0 Å². The van der Waals surface area contributed by atoms with Gasteiger partial charge in [-0.1, -0.05) is 6.92 Å². The van der Waals surface area contributed by atoms with Crippen LogP contribution in [0.1, 0.15) is 19.8 Å². The molecule has 0 fully saturated rings. The summed E-state index contributed by atoms with van der Waals surface area (Å²) in [5, 5.41) is 3.25. The van der Waals surface area contributed by atoms with Gasteiger partial charge in [0, 0.05) is 13.0 Å². The molecule has 0 atom stereocenters. The largest absolute Gasteiger partial charge is 0.381 e. The van der Waals surface area contributed by atoms with Gasteiger partial charge in [-0.3, -0.25) is 0 Å². The summed E-state index contributed by atoms with van der Waals surface area (Å²) in [6.07, 6.45) is 2.20. The molecule has 3 heteroatoms. The molecule has 3 nitrogen and oxygen atoms in total. The molecule has 0 saturated carbocycles. The summed E-state index contributed by atoms with van der Waals surface area (Å²) in [6.45, 7) is 6.97. The van der Waals surface area contributed by atoms with Gasteiger partial charge in [0.15, 0.2) is 0 Å². The van der Waals surface area contributed by atoms with Gasteiger partial charge in [-0.15, -0.1) is 0 Å². The molecule has 0 bridgehead atoms. The molecule has 0 aromatic heterocycles. The van der Waals surface area contributed by atoms with Crippen molar-refractivity contribution in [3.8, 4) is 0 Å². The van der Waals surface area contributed by atoms with Crippen LogP contribution in [0.4, 0.5) is 0 Å². The van der Waals surface area contributed by atoms with Crippen molar-refractivity contribution in [1.29, 1.82) is 0 Å². The Morgan fingerprint density at radius 1 is 1.27 bits per heavy atom. The van der Waals surface area contributed by atoms with Crippen LogP contribution in [0.5, 0.6) is 0 Å². The number of hydrogen-bond acceptors (Lipinski definition) is 2. The molecule has 0 spiro atoms. The molecule has 0 rings (SSSR count). The second-order valence-electron chi connectivity index (χ2n) is 2.53. The Kier molecular flexibility index (Phi) is 9.77. The smallest absolute Gasteiger partial charge is 0.0762 e. The summed E-state index contributed by atoms with van der Waals surface area (Å²) < 4.78 is 5.34. The minimum atomic E-state index is 0.871. The number of nitrogens with one attached hydrogen (secondary N) is 1. The van der Waals surface area contributed by atoms with Gasteiger partial charge in [0.05, 0.1) is 13.2 Å². The van der Waals surface area contributed by atoms with E-state index in [0.717, 1.165) is 45.7 Å². The van der Waals surface area contributed by atoms with Crippen molar-refractivity contribution in [3.05, 3.63) is 0 Å². The zero-order chi connectivity index (χ0) is 8.36. The average molecular weight is 161 g/mol. The minimum absolute atomic E-state index is 0.871. The van der Waals surface area contributed by atoms with Crippen molar-refractivity contribution in [1.82, 2.24) is 5.32 Å². The topological polar surface area (TPSA) is 48.9 Å². The molecule has 0 heterocycles. The van der Waals surface area contributed by atoms with Crippen molar-refractivity contribution in [3.63, 3.8) is 0 Å². The van der Waals surface area contributed by atoms with E-state index in [1.165, 1.54) is 0 Å². The van der Waals surface area contributed by atoms with E-state index in [0.29, 0.717) is 0 Å². The Bertz CT molecular complexity index is 61.1. The average Bonchev–Trinajstić information content (AvgIpc) is 2.03. The summed E-state index contributed by atoms with van der Waals surface area (Å²) >= 11 is 0. The number of hydrogen-bond donors (Lipinski definition) is 2. The molecule has 0 unspecified atom stereocenters. The molecule has 4 N–H and O–H groups in total. The van der Waals surface area contributed by atoms with Crippen LogP contribution < -0.4 is 11.1 Å². The minimum Gasteiger partial charge on any atom is -0.381 e. The third-order valence-corrected chi connectivity index (χ3v) is 1.43. The van der Waals surface area contributed by atoms with E-state index in [9.17, 15) is 0 Å². The molecule has 0 aliphatic heterocycles. The first kappa shape index (κ1) is 10.9. The molecule has 0 aliphatic rings. The molecular formula is C8H21N2O+. The monoisotopic (exact) mass is 161 g/mol. The zero-order valence-corrected chi connectivity index (χ0v) is 7.57. The van der Waals surface area contributed by atoms with Gasteiger partial charge in [0.25, 0.3) is 0 Å². The van der Waals surface area contributed by atoms with Gasteiger partial charge >= 0.3 is 0 Å². The molecular weight excluding hydrogens is 140 g/mol. The molecule has 11 heavy (non-hydrogen) atoms. The van der Waals surface area contributed by atoms with E-state index < -0.39 is 0 Å². The Labute approximate surface area is 69.3 Å². The summed E-state index contributed by atoms with van der Waals surface area (Å²) in [5.41, 5.74) is 3.74. The lowest BCUT2D eigenvalue weighted by molar-refractivity contribution is -0.369. The maximum atomic E-state index is 5.34. The van der Waals surface area contributed by atoms with E-state index in [4.69, 9.17) is 4.74 Å². The Hall–Kier alpha value is -0.120. The SMILES string of the molecule is CCNCCCOCCC[NH3+]. The van der Waals surface area contributed by atoms with Crippen LogP contribution in [0.15, 0.2) is 0 Å². The number of quaternary nitrogens is 1. The lowest BCUT2D eigenvalue weighted by Crippen LogP contribution is -2.50. The number of rotatable bonds is 8. The van der Waals surface area contributed by atoms with Crippen molar-refractivity contribution in [2.75, 3.05) is 32.8 Å². The van der Waals surface area contributed by atoms with Crippen molar-refractivity contribution in [2.45, 2.75) is 19.8 Å². The number of ether oxygens (including phenoxy) is 1. The summed E-state index contributed by atoms with van der Waals surface area (Å²) in [7, 11) is 0. The van der Waals surface area contributed by atoms with Gasteiger partial charge in [-0.2, -0.15) is 0 Å². The molecule has 0 aromatic rings. The van der Waals surface area contributed by atoms with E-state index in [2.05, 4.69) is 18.0 Å². The van der Waals surface area contributed by atoms with Crippen LogP contribution in [0.2, 0.25) is 0 Å². The fraction of sp³-hybridized carbons (Fsp3) is 1.00. The molecule has 0 aliphatic carbocycles. The van der Waals surface area contributed by atoms with Crippen LogP contribution in [-0.2, 0) is 4.74 Å². The second-order valence-corrected chi connectivity index (χ2v) is 2.53. The van der Waals surface area contributed by atoms with Crippen LogP contribution in [-0.4, -0.2) is 32.8 Å². The van der Waals surface area contributed by atoms with Gasteiger partial charge in [0.1, 0.15) is 0 Å². The Morgan fingerprint density at radius 2 is 2.00 bits per heavy atom. The van der Waals surface area contributed by atoms with Gasteiger partial charge in [0.2, 0.25) is 0 Å². The van der Waals surface area contributed by atoms with Crippen LogP contribution in [0.25, 0.3) is 0 Å². The first-order valence-electron chi connectivity index (χ1n) is 4.49. The van der Waals surface area contributed by atoms with E-state index in [1.54, 1.807) is 0 Å². The summed E-state index contributed by atoms with van der Waals surface area (Å²) in [5.74, 6) is 0.